The lowest BCUT2D eigenvalue weighted by atomic mass is 9.90. The van der Waals surface area contributed by atoms with Gasteiger partial charge in [-0.05, 0) is 72.2 Å². The Morgan fingerprint density at radius 2 is 2.00 bits per heavy atom. The molecule has 0 spiro atoms. The molecule has 2 aromatic heterocycles. The van der Waals surface area contributed by atoms with Crippen LogP contribution in [-0.2, 0) is 56.2 Å². The van der Waals surface area contributed by atoms with Crippen LogP contribution in [0.15, 0.2) is 35.5 Å². The first-order valence-corrected chi connectivity index (χ1v) is 13.1. The summed E-state index contributed by atoms with van der Waals surface area (Å²) in [4.78, 5) is 17.3. The Bertz CT molecular complexity index is 1460. The van der Waals surface area contributed by atoms with Crippen molar-refractivity contribution in [3.8, 4) is 11.1 Å². The number of aromatic nitrogens is 3. The van der Waals surface area contributed by atoms with E-state index >= 15 is 0 Å². The summed E-state index contributed by atoms with van der Waals surface area (Å²) in [5.41, 5.74) is 3.82. The average Bonchev–Trinajstić information content (AvgIpc) is 3.44. The van der Waals surface area contributed by atoms with Gasteiger partial charge in [-0.3, -0.25) is 14.5 Å². The minimum absolute atomic E-state index is 0.214. The zero-order valence-corrected chi connectivity index (χ0v) is 21.1. The van der Waals surface area contributed by atoms with Crippen LogP contribution in [0.25, 0.3) is 11.1 Å². The van der Waals surface area contributed by atoms with Crippen molar-refractivity contribution < 1.29 is 27.1 Å². The minimum atomic E-state index is -4.25. The van der Waals surface area contributed by atoms with E-state index in [1.54, 1.807) is 19.3 Å². The van der Waals surface area contributed by atoms with E-state index in [0.717, 1.165) is 23.2 Å². The molecule has 1 N–H and O–H groups in total. The number of rotatable bonds is 7. The third kappa shape index (κ3) is 4.21. The molecule has 3 heterocycles. The fourth-order valence-electron chi connectivity index (χ4n) is 5.03. The van der Waals surface area contributed by atoms with E-state index in [4.69, 9.17) is 9.47 Å². The second-order valence-corrected chi connectivity index (χ2v) is 10.9. The highest BCUT2D eigenvalue weighted by Gasteiger charge is 2.44. The van der Waals surface area contributed by atoms with Crippen LogP contribution in [-0.4, -0.2) is 49.4 Å². The fourth-order valence-corrected chi connectivity index (χ4v) is 6.00. The Balaban J connectivity index is 1.45. The van der Waals surface area contributed by atoms with Crippen molar-refractivity contribution in [1.82, 2.24) is 19.5 Å². The number of hydrogen-bond acceptors (Lipinski definition) is 7. The van der Waals surface area contributed by atoms with Crippen molar-refractivity contribution in [1.29, 1.82) is 0 Å². The van der Waals surface area contributed by atoms with Gasteiger partial charge < -0.3 is 9.47 Å². The third-order valence-corrected chi connectivity index (χ3v) is 8.17. The summed E-state index contributed by atoms with van der Waals surface area (Å²) in [5.74, 6) is -1.03. The molecule has 1 aliphatic carbocycles. The lowest BCUT2D eigenvalue weighted by molar-refractivity contribution is -0.206. The number of benzene rings is 1. The largest absolute Gasteiger partial charge is 0.374 e. The molecular formula is C25H27FN4O5S. The van der Waals surface area contributed by atoms with Crippen molar-refractivity contribution in [3.63, 3.8) is 0 Å². The summed E-state index contributed by atoms with van der Waals surface area (Å²) < 4.78 is 55.4. The summed E-state index contributed by atoms with van der Waals surface area (Å²) in [5, 5.41) is 3.82. The van der Waals surface area contributed by atoms with Gasteiger partial charge in [0, 0.05) is 32.1 Å². The first-order chi connectivity index (χ1) is 17.1. The highest BCUT2D eigenvalue weighted by Crippen LogP contribution is 2.36. The van der Waals surface area contributed by atoms with Gasteiger partial charge in [0.15, 0.2) is 10.6 Å². The number of aryl methyl sites for hydroxylation is 2. The van der Waals surface area contributed by atoms with E-state index in [2.05, 4.69) is 14.8 Å². The summed E-state index contributed by atoms with van der Waals surface area (Å²) in [6.07, 6.45) is 3.41. The number of methoxy groups -OCH3 is 1. The van der Waals surface area contributed by atoms with Gasteiger partial charge in [0.05, 0.1) is 25.3 Å². The van der Waals surface area contributed by atoms with Crippen molar-refractivity contribution in [2.45, 2.75) is 43.2 Å². The zero-order valence-electron chi connectivity index (χ0n) is 20.3. The predicted octanol–water partition coefficient (Wildman–Crippen LogP) is 2.34. The maximum absolute atomic E-state index is 14.9. The SMILES string of the molecule is COC1(c2cc(S(=O)(=O)NC(=O)Cc3c(-c4ccnc(C)c4)cc(F)c4c3CCC4)nn2C)COC1. The molecule has 1 saturated heterocycles. The van der Waals surface area contributed by atoms with Crippen molar-refractivity contribution >= 4 is 15.9 Å². The van der Waals surface area contributed by atoms with Gasteiger partial charge in [-0.25, -0.2) is 9.11 Å². The summed E-state index contributed by atoms with van der Waals surface area (Å²) in [6, 6.07) is 6.40. The van der Waals surface area contributed by atoms with E-state index < -0.39 is 21.5 Å². The summed E-state index contributed by atoms with van der Waals surface area (Å²) in [7, 11) is -1.12. The Labute approximate surface area is 208 Å². The van der Waals surface area contributed by atoms with Crippen LogP contribution in [0.5, 0.6) is 0 Å². The lowest BCUT2D eigenvalue weighted by Crippen LogP contribution is -2.49. The first-order valence-electron chi connectivity index (χ1n) is 11.6. The van der Waals surface area contributed by atoms with Crippen LogP contribution in [0, 0.1) is 12.7 Å². The van der Waals surface area contributed by atoms with Gasteiger partial charge in [0.25, 0.3) is 10.0 Å². The Morgan fingerprint density at radius 3 is 2.67 bits per heavy atom. The number of carbonyl (C=O) groups excluding carboxylic acids is 1. The van der Waals surface area contributed by atoms with E-state index in [9.17, 15) is 17.6 Å². The number of halogens is 1. The molecule has 1 fully saturated rings. The zero-order chi connectivity index (χ0) is 25.7. The molecule has 5 rings (SSSR count). The molecule has 2 aliphatic rings. The van der Waals surface area contributed by atoms with E-state index in [1.165, 1.54) is 23.9 Å². The number of nitrogens with zero attached hydrogens (tertiary/aromatic N) is 3. The number of carbonyl (C=O) groups is 1. The molecule has 0 radical (unpaired) electrons. The molecule has 190 valence electrons. The van der Waals surface area contributed by atoms with E-state index in [-0.39, 0.29) is 30.5 Å². The standard InChI is InChI=1S/C25H27FN4O5S/c1-15-9-16(7-8-27-15)19-10-21(26)18-6-4-5-17(18)20(19)11-23(31)29-36(32,33)24-12-22(30(2)28-24)25(34-3)13-35-14-25/h7-10,12H,4-6,11,13-14H2,1-3H3,(H,29,31). The second-order valence-electron chi connectivity index (χ2n) is 9.27. The van der Waals surface area contributed by atoms with Gasteiger partial charge in [-0.1, -0.05) is 0 Å². The van der Waals surface area contributed by atoms with Gasteiger partial charge in [0.2, 0.25) is 5.91 Å². The highest BCUT2D eigenvalue weighted by molar-refractivity contribution is 7.90. The van der Waals surface area contributed by atoms with Crippen molar-refractivity contribution in [2.24, 2.45) is 7.05 Å². The summed E-state index contributed by atoms with van der Waals surface area (Å²) in [6.45, 7) is 2.39. The van der Waals surface area contributed by atoms with Gasteiger partial charge >= 0.3 is 0 Å². The molecular weight excluding hydrogens is 487 g/mol. The number of pyridine rings is 1. The molecule has 3 aromatic rings. The molecule has 0 bridgehead atoms. The smallest absolute Gasteiger partial charge is 0.283 e. The van der Waals surface area contributed by atoms with Gasteiger partial charge in [-0.15, -0.1) is 0 Å². The van der Waals surface area contributed by atoms with Gasteiger partial charge in [-0.2, -0.15) is 13.5 Å². The van der Waals surface area contributed by atoms with Crippen LogP contribution >= 0.6 is 0 Å². The second kappa shape index (κ2) is 9.06. The lowest BCUT2D eigenvalue weighted by Gasteiger charge is -2.39. The van der Waals surface area contributed by atoms with Crippen LogP contribution in [0.1, 0.15) is 34.5 Å². The van der Waals surface area contributed by atoms with E-state index in [1.807, 2.05) is 13.0 Å². The number of amides is 1. The number of ether oxygens (including phenoxy) is 2. The van der Waals surface area contributed by atoms with Crippen LogP contribution < -0.4 is 4.72 Å². The van der Waals surface area contributed by atoms with Crippen LogP contribution in [0.3, 0.4) is 0 Å². The number of fused-ring (bicyclic) bond motifs is 1. The number of hydrogen-bond donors (Lipinski definition) is 1. The van der Waals surface area contributed by atoms with Crippen LogP contribution in [0.4, 0.5) is 4.39 Å². The van der Waals surface area contributed by atoms with E-state index in [0.29, 0.717) is 35.2 Å². The molecule has 1 amide bonds. The molecule has 9 nitrogen and oxygen atoms in total. The predicted molar refractivity (Wildman–Crippen MR) is 128 cm³/mol. The number of nitrogens with one attached hydrogen (secondary N) is 1. The molecule has 36 heavy (non-hydrogen) atoms. The number of sulfonamides is 1. The Hall–Kier alpha value is -3.15. The maximum Gasteiger partial charge on any atom is 0.283 e. The highest BCUT2D eigenvalue weighted by atomic mass is 32.2. The Kier molecular flexibility index (Phi) is 6.17. The monoisotopic (exact) mass is 514 g/mol. The normalized spacial score (nSPS) is 16.4. The molecule has 1 aliphatic heterocycles. The minimum Gasteiger partial charge on any atom is -0.374 e. The van der Waals surface area contributed by atoms with Crippen molar-refractivity contribution in [2.75, 3.05) is 20.3 Å². The molecule has 1 aromatic carbocycles. The van der Waals surface area contributed by atoms with Gasteiger partial charge in [0.1, 0.15) is 5.82 Å². The van der Waals surface area contributed by atoms with Crippen LogP contribution in [0.2, 0.25) is 0 Å². The molecule has 0 atom stereocenters. The topological polar surface area (TPSA) is 112 Å². The third-order valence-electron chi connectivity index (χ3n) is 6.92. The molecule has 11 heteroatoms. The molecule has 0 saturated carbocycles. The van der Waals surface area contributed by atoms with Crippen molar-refractivity contribution in [3.05, 3.63) is 64.4 Å². The first kappa shape index (κ1) is 24.5. The quantitative estimate of drug-likeness (QED) is 0.515. The maximum atomic E-state index is 14.9. The fraction of sp³-hybridized carbons (Fsp3) is 0.400. The average molecular weight is 515 g/mol. The Morgan fingerprint density at radius 1 is 1.25 bits per heavy atom. The molecule has 0 unspecified atom stereocenters. The summed E-state index contributed by atoms with van der Waals surface area (Å²) >= 11 is 0.